The van der Waals surface area contributed by atoms with Crippen LogP contribution in [0.2, 0.25) is 0 Å². The predicted octanol–water partition coefficient (Wildman–Crippen LogP) is 1.57. The molecule has 10 heteroatoms. The Morgan fingerprint density at radius 3 is 2.87 bits per heavy atom. The SMILES string of the molecule is CC(N)OC1C=C2CC3C(=O)N(CSS)C4C(=CCC5OC54)CCC(=O)N3C2OC1C. The van der Waals surface area contributed by atoms with Gasteiger partial charge >= 0.3 is 0 Å². The molecule has 1 aliphatic carbocycles. The second-order valence-corrected chi connectivity index (χ2v) is 10.2. The van der Waals surface area contributed by atoms with Crippen LogP contribution in [0.3, 0.4) is 0 Å². The third-order valence-corrected chi connectivity index (χ3v) is 7.57. The molecule has 0 bridgehead atoms. The van der Waals surface area contributed by atoms with E-state index in [0.717, 1.165) is 17.6 Å². The van der Waals surface area contributed by atoms with Crippen LogP contribution in [0.25, 0.3) is 0 Å². The number of nitrogens with zero attached hydrogens (tertiary/aromatic N) is 2. The molecule has 0 aromatic rings. The van der Waals surface area contributed by atoms with E-state index in [-0.39, 0.29) is 42.3 Å². The number of hydrogen-bond donors (Lipinski definition) is 2. The Morgan fingerprint density at radius 1 is 1.32 bits per heavy atom. The molecule has 4 heterocycles. The molecule has 4 aliphatic heterocycles. The molecule has 31 heavy (non-hydrogen) atoms. The van der Waals surface area contributed by atoms with Gasteiger partial charge in [0.15, 0.2) is 6.23 Å². The molecule has 0 aromatic carbocycles. The summed E-state index contributed by atoms with van der Waals surface area (Å²) in [5.74, 6) is 0.316. The van der Waals surface area contributed by atoms with Gasteiger partial charge in [0.1, 0.15) is 24.5 Å². The Hall–Kier alpha value is -1.04. The zero-order valence-corrected chi connectivity index (χ0v) is 19.4. The quantitative estimate of drug-likeness (QED) is 0.213. The highest BCUT2D eigenvalue weighted by Gasteiger charge is 2.55. The smallest absolute Gasteiger partial charge is 0.247 e. The third-order valence-electron chi connectivity index (χ3n) is 6.83. The van der Waals surface area contributed by atoms with E-state index in [9.17, 15) is 9.59 Å². The van der Waals surface area contributed by atoms with Crippen molar-refractivity contribution in [3.8, 4) is 0 Å². The first-order valence-corrected chi connectivity index (χ1v) is 12.9. The van der Waals surface area contributed by atoms with Crippen molar-refractivity contribution in [2.24, 2.45) is 5.73 Å². The summed E-state index contributed by atoms with van der Waals surface area (Å²) < 4.78 is 17.9. The van der Waals surface area contributed by atoms with Gasteiger partial charge in [0, 0.05) is 12.8 Å². The van der Waals surface area contributed by atoms with E-state index in [4.69, 9.17) is 19.9 Å². The average molecular weight is 468 g/mol. The molecule has 8 nitrogen and oxygen atoms in total. The van der Waals surface area contributed by atoms with E-state index in [1.165, 1.54) is 10.8 Å². The second kappa shape index (κ2) is 8.39. The van der Waals surface area contributed by atoms with Gasteiger partial charge in [-0.1, -0.05) is 16.9 Å². The molecule has 0 radical (unpaired) electrons. The summed E-state index contributed by atoms with van der Waals surface area (Å²) in [6, 6.07) is -0.715. The number of rotatable bonds is 4. The first kappa shape index (κ1) is 21.8. The van der Waals surface area contributed by atoms with Crippen LogP contribution in [-0.2, 0) is 23.8 Å². The molecule has 8 unspecified atom stereocenters. The van der Waals surface area contributed by atoms with Gasteiger partial charge < -0.3 is 29.7 Å². The Bertz CT molecular complexity index is 834. The summed E-state index contributed by atoms with van der Waals surface area (Å²) in [4.78, 5) is 30.7. The van der Waals surface area contributed by atoms with Crippen LogP contribution < -0.4 is 5.73 Å². The van der Waals surface area contributed by atoms with Gasteiger partial charge in [-0.15, -0.1) is 11.7 Å². The van der Waals surface area contributed by atoms with Crippen molar-refractivity contribution in [3.63, 3.8) is 0 Å². The lowest BCUT2D eigenvalue weighted by Crippen LogP contribution is -2.54. The first-order valence-electron chi connectivity index (χ1n) is 10.9. The van der Waals surface area contributed by atoms with Gasteiger partial charge in [-0.2, -0.15) is 0 Å². The topological polar surface area (TPSA) is 97.6 Å². The van der Waals surface area contributed by atoms with Crippen molar-refractivity contribution in [2.75, 3.05) is 5.88 Å². The summed E-state index contributed by atoms with van der Waals surface area (Å²) in [6.45, 7) is 3.68. The summed E-state index contributed by atoms with van der Waals surface area (Å²) in [6.07, 6.45) is 5.07. The normalized spacial score (nSPS) is 40.5. The van der Waals surface area contributed by atoms with Crippen molar-refractivity contribution in [3.05, 3.63) is 23.3 Å². The van der Waals surface area contributed by atoms with Crippen LogP contribution in [0.5, 0.6) is 0 Å². The lowest BCUT2D eigenvalue weighted by Gasteiger charge is -2.37. The Balaban J connectivity index is 1.49. The number of thiol groups is 1. The van der Waals surface area contributed by atoms with E-state index in [1.54, 1.807) is 11.8 Å². The zero-order chi connectivity index (χ0) is 21.9. The minimum Gasteiger partial charge on any atom is -0.367 e. The molecule has 0 aromatic heterocycles. The summed E-state index contributed by atoms with van der Waals surface area (Å²) in [7, 11) is 1.31. The fourth-order valence-corrected chi connectivity index (χ4v) is 6.15. The number of amides is 2. The molecule has 2 N–H and O–H groups in total. The summed E-state index contributed by atoms with van der Waals surface area (Å²) in [5, 5.41) is 0. The minimum absolute atomic E-state index is 0.0223. The summed E-state index contributed by atoms with van der Waals surface area (Å²) >= 11 is 4.33. The Morgan fingerprint density at radius 2 is 2.13 bits per heavy atom. The average Bonchev–Trinajstić information content (AvgIpc) is 3.42. The fraction of sp³-hybridized carbons (Fsp3) is 0.714. The number of epoxide rings is 1. The molecule has 170 valence electrons. The van der Waals surface area contributed by atoms with Gasteiger partial charge in [-0.05, 0) is 43.9 Å². The molecule has 2 amide bonds. The maximum absolute atomic E-state index is 13.8. The highest BCUT2D eigenvalue weighted by atomic mass is 33.1. The van der Waals surface area contributed by atoms with Gasteiger partial charge in [0.25, 0.3) is 0 Å². The minimum atomic E-state index is -0.594. The van der Waals surface area contributed by atoms with Crippen LogP contribution in [-0.4, -0.2) is 76.4 Å². The van der Waals surface area contributed by atoms with Crippen molar-refractivity contribution in [1.29, 1.82) is 0 Å². The van der Waals surface area contributed by atoms with E-state index in [1.807, 2.05) is 17.9 Å². The van der Waals surface area contributed by atoms with Crippen molar-refractivity contribution >= 4 is 34.3 Å². The molecule has 3 fully saturated rings. The molecular weight excluding hydrogens is 438 g/mol. The highest BCUT2D eigenvalue weighted by Crippen LogP contribution is 2.44. The molecule has 5 aliphatic rings. The van der Waals surface area contributed by atoms with Crippen molar-refractivity contribution in [2.45, 2.75) is 88.5 Å². The van der Waals surface area contributed by atoms with E-state index >= 15 is 0 Å². The fourth-order valence-electron chi connectivity index (χ4n) is 5.37. The van der Waals surface area contributed by atoms with Gasteiger partial charge in [0.2, 0.25) is 11.8 Å². The molecule has 8 atom stereocenters. The number of ether oxygens (including phenoxy) is 3. The number of carbonyl (C=O) groups is 2. The van der Waals surface area contributed by atoms with Crippen LogP contribution in [0.1, 0.15) is 39.5 Å². The number of hydrogen-bond acceptors (Lipinski definition) is 8. The number of nitrogens with two attached hydrogens (primary N) is 1. The van der Waals surface area contributed by atoms with E-state index in [0.29, 0.717) is 25.1 Å². The van der Waals surface area contributed by atoms with Crippen LogP contribution in [0.4, 0.5) is 0 Å². The molecule has 0 spiro atoms. The lowest BCUT2D eigenvalue weighted by molar-refractivity contribution is -0.164. The maximum atomic E-state index is 13.8. The van der Waals surface area contributed by atoms with Crippen molar-refractivity contribution in [1.82, 2.24) is 9.80 Å². The van der Waals surface area contributed by atoms with Crippen LogP contribution in [0.15, 0.2) is 23.3 Å². The first-order chi connectivity index (χ1) is 14.9. The monoisotopic (exact) mass is 467 g/mol. The largest absolute Gasteiger partial charge is 0.367 e. The standard InChI is InChI=1S/C21H29N3O5S2/c1-10-16(28-11(2)22)8-13-7-14-20(26)23(9-31-30)18-12(3-5-15-19(18)29-15)4-6-17(25)24(14)21(13)27-10/h3,8,10-11,14-16,18-19,21,30H,4-7,9,22H2,1-2H3. The van der Waals surface area contributed by atoms with Gasteiger partial charge in [-0.25, -0.2) is 0 Å². The summed E-state index contributed by atoms with van der Waals surface area (Å²) in [5.41, 5.74) is 7.85. The van der Waals surface area contributed by atoms with E-state index in [2.05, 4.69) is 17.7 Å². The maximum Gasteiger partial charge on any atom is 0.247 e. The predicted molar refractivity (Wildman–Crippen MR) is 119 cm³/mol. The second-order valence-electron chi connectivity index (χ2n) is 8.93. The van der Waals surface area contributed by atoms with Crippen LogP contribution >= 0.6 is 22.5 Å². The molecular formula is C21H29N3O5S2. The van der Waals surface area contributed by atoms with E-state index < -0.39 is 18.5 Å². The number of carbonyl (C=O) groups excluding carboxylic acids is 2. The Kier molecular flexibility index (Phi) is 5.89. The molecule has 0 saturated carbocycles. The molecule has 5 rings (SSSR count). The van der Waals surface area contributed by atoms with Gasteiger partial charge in [0.05, 0.1) is 24.1 Å². The highest BCUT2D eigenvalue weighted by molar-refractivity contribution is 8.68. The third kappa shape index (κ3) is 3.85. The Labute approximate surface area is 191 Å². The lowest BCUT2D eigenvalue weighted by atomic mass is 9.89. The number of fused-ring (bicyclic) bond motifs is 6. The zero-order valence-electron chi connectivity index (χ0n) is 17.7. The van der Waals surface area contributed by atoms with Crippen molar-refractivity contribution < 1.29 is 23.8 Å². The van der Waals surface area contributed by atoms with Gasteiger partial charge in [-0.3, -0.25) is 9.59 Å². The molecule has 3 saturated heterocycles. The van der Waals surface area contributed by atoms with Crippen LogP contribution in [0, 0.1) is 0 Å².